The highest BCUT2D eigenvalue weighted by Gasteiger charge is 2.28. The number of hydrogen-bond acceptors (Lipinski definition) is 5. The highest BCUT2D eigenvalue weighted by atomic mass is 32.2. The predicted molar refractivity (Wildman–Crippen MR) is 177 cm³/mol. The van der Waals surface area contributed by atoms with Crippen molar-refractivity contribution in [2.24, 2.45) is 0 Å². The van der Waals surface area contributed by atoms with Gasteiger partial charge in [-0.1, -0.05) is 93.3 Å². The molecule has 236 valence electrons. The number of benzene rings is 3. The van der Waals surface area contributed by atoms with Crippen molar-refractivity contribution in [2.75, 3.05) is 35.9 Å². The van der Waals surface area contributed by atoms with Gasteiger partial charge in [0.1, 0.15) is 0 Å². The molecule has 0 spiro atoms. The third kappa shape index (κ3) is 10.1. The van der Waals surface area contributed by atoms with Crippen LogP contribution in [0.25, 0.3) is 0 Å². The zero-order chi connectivity index (χ0) is 31.4. The van der Waals surface area contributed by atoms with E-state index in [0.717, 1.165) is 57.9 Å². The van der Waals surface area contributed by atoms with Gasteiger partial charge in [0.2, 0.25) is 10.0 Å². The van der Waals surface area contributed by atoms with Gasteiger partial charge in [0.05, 0.1) is 23.5 Å². The van der Waals surface area contributed by atoms with Gasteiger partial charge in [-0.2, -0.15) is 0 Å². The highest BCUT2D eigenvalue weighted by molar-refractivity contribution is 7.92. The fourth-order valence-electron chi connectivity index (χ4n) is 5.67. The number of rotatable bonds is 14. The lowest BCUT2D eigenvalue weighted by Gasteiger charge is -2.38. The zero-order valence-electron chi connectivity index (χ0n) is 25.7. The van der Waals surface area contributed by atoms with Crippen molar-refractivity contribution in [3.05, 3.63) is 95.6 Å². The Morgan fingerprint density at radius 1 is 0.864 bits per heavy atom. The molecule has 0 radical (unpaired) electrons. The molecular formula is C34H45N5O4S. The maximum Gasteiger partial charge on any atom is 0.319 e. The first-order valence-corrected chi connectivity index (χ1v) is 17.4. The third-order valence-corrected chi connectivity index (χ3v) is 8.45. The van der Waals surface area contributed by atoms with Crippen molar-refractivity contribution >= 4 is 33.3 Å². The minimum Gasteiger partial charge on any atom is -0.349 e. The summed E-state index contributed by atoms with van der Waals surface area (Å²) in [4.78, 5) is 28.7. The van der Waals surface area contributed by atoms with Crippen molar-refractivity contribution in [3.8, 4) is 0 Å². The SMILES string of the molecule is CCCCCCCNC(=O)Nc1ccc(NS(C)(=O)=O)cc1C(=O)NC1CCN(C(c2ccccc2)c2ccccc2)CC1. The van der Waals surface area contributed by atoms with Gasteiger partial charge in [0.25, 0.3) is 5.91 Å². The number of carbonyl (C=O) groups excluding carboxylic acids is 2. The van der Waals surface area contributed by atoms with Crippen LogP contribution in [-0.4, -0.2) is 57.2 Å². The van der Waals surface area contributed by atoms with E-state index in [-0.39, 0.29) is 29.2 Å². The smallest absolute Gasteiger partial charge is 0.319 e. The first-order chi connectivity index (χ1) is 21.2. The van der Waals surface area contributed by atoms with Crippen LogP contribution < -0.4 is 20.7 Å². The van der Waals surface area contributed by atoms with Gasteiger partial charge in [0, 0.05) is 31.4 Å². The summed E-state index contributed by atoms with van der Waals surface area (Å²) in [6.45, 7) is 4.28. The zero-order valence-corrected chi connectivity index (χ0v) is 26.5. The summed E-state index contributed by atoms with van der Waals surface area (Å²) >= 11 is 0. The maximum atomic E-state index is 13.6. The van der Waals surface area contributed by atoms with Crippen molar-refractivity contribution in [3.63, 3.8) is 0 Å². The summed E-state index contributed by atoms with van der Waals surface area (Å²) in [6.07, 6.45) is 7.96. The maximum absolute atomic E-state index is 13.6. The van der Waals surface area contributed by atoms with E-state index in [1.165, 1.54) is 29.7 Å². The van der Waals surface area contributed by atoms with E-state index in [2.05, 4.69) is 81.0 Å². The molecule has 3 aromatic rings. The molecule has 3 amide bonds. The van der Waals surface area contributed by atoms with Gasteiger partial charge < -0.3 is 16.0 Å². The minimum atomic E-state index is -3.55. The second-order valence-electron chi connectivity index (χ2n) is 11.4. The van der Waals surface area contributed by atoms with Gasteiger partial charge in [-0.25, -0.2) is 13.2 Å². The average Bonchev–Trinajstić information content (AvgIpc) is 3.01. The number of piperidine rings is 1. The van der Waals surface area contributed by atoms with Crippen LogP contribution in [0.5, 0.6) is 0 Å². The Labute approximate surface area is 261 Å². The molecule has 0 unspecified atom stereocenters. The number of unbranched alkanes of at least 4 members (excludes halogenated alkanes) is 4. The summed E-state index contributed by atoms with van der Waals surface area (Å²) in [5.74, 6) is -0.363. The largest absolute Gasteiger partial charge is 0.349 e. The summed E-state index contributed by atoms with van der Waals surface area (Å²) in [6, 6.07) is 25.1. The molecule has 9 nitrogen and oxygen atoms in total. The number of nitrogens with zero attached hydrogens (tertiary/aromatic N) is 1. The first kappa shape index (κ1) is 33.0. The molecule has 44 heavy (non-hydrogen) atoms. The molecule has 4 N–H and O–H groups in total. The first-order valence-electron chi connectivity index (χ1n) is 15.5. The molecule has 1 aliphatic heterocycles. The fourth-order valence-corrected chi connectivity index (χ4v) is 6.22. The highest BCUT2D eigenvalue weighted by Crippen LogP contribution is 2.31. The fraction of sp³-hybridized carbons (Fsp3) is 0.412. The van der Waals surface area contributed by atoms with Crippen LogP contribution >= 0.6 is 0 Å². The van der Waals surface area contributed by atoms with Crippen LogP contribution in [0.15, 0.2) is 78.9 Å². The lowest BCUT2D eigenvalue weighted by Crippen LogP contribution is -2.46. The van der Waals surface area contributed by atoms with Gasteiger partial charge in [-0.15, -0.1) is 0 Å². The molecule has 0 saturated carbocycles. The van der Waals surface area contributed by atoms with Crippen LogP contribution in [0.4, 0.5) is 16.2 Å². The van der Waals surface area contributed by atoms with E-state index < -0.39 is 16.1 Å². The number of urea groups is 1. The van der Waals surface area contributed by atoms with Gasteiger partial charge in [0.15, 0.2) is 0 Å². The summed E-state index contributed by atoms with van der Waals surface area (Å²) in [7, 11) is -3.55. The summed E-state index contributed by atoms with van der Waals surface area (Å²) in [5, 5.41) is 8.77. The Balaban J connectivity index is 1.42. The average molecular weight is 620 g/mol. The van der Waals surface area contributed by atoms with Crippen LogP contribution in [-0.2, 0) is 10.0 Å². The van der Waals surface area contributed by atoms with E-state index in [4.69, 9.17) is 0 Å². The Bertz CT molecular complexity index is 1420. The van der Waals surface area contributed by atoms with Gasteiger partial charge in [-0.3, -0.25) is 14.4 Å². The molecule has 0 aromatic heterocycles. The molecular weight excluding hydrogens is 574 g/mol. The van der Waals surface area contributed by atoms with Crippen molar-refractivity contribution in [1.29, 1.82) is 0 Å². The molecule has 0 aliphatic carbocycles. The van der Waals surface area contributed by atoms with Crippen molar-refractivity contribution in [1.82, 2.24) is 15.5 Å². The lowest BCUT2D eigenvalue weighted by atomic mass is 9.94. The second-order valence-corrected chi connectivity index (χ2v) is 13.2. The number of amides is 3. The van der Waals surface area contributed by atoms with Crippen molar-refractivity contribution in [2.45, 2.75) is 64.0 Å². The van der Waals surface area contributed by atoms with Gasteiger partial charge >= 0.3 is 6.03 Å². The lowest BCUT2D eigenvalue weighted by molar-refractivity contribution is 0.0901. The number of hydrogen-bond donors (Lipinski definition) is 4. The Morgan fingerprint density at radius 2 is 1.48 bits per heavy atom. The number of anilines is 2. The van der Waals surface area contributed by atoms with Crippen LogP contribution in [0, 0.1) is 0 Å². The monoisotopic (exact) mass is 619 g/mol. The number of nitrogens with one attached hydrogen (secondary N) is 4. The molecule has 4 rings (SSSR count). The second kappa shape index (κ2) is 16.3. The van der Waals surface area contributed by atoms with Crippen molar-refractivity contribution < 1.29 is 18.0 Å². The van der Waals surface area contributed by atoms with Crippen LogP contribution in [0.2, 0.25) is 0 Å². The number of likely N-dealkylation sites (tertiary alicyclic amines) is 1. The molecule has 1 heterocycles. The van der Waals surface area contributed by atoms with E-state index in [1.807, 2.05) is 12.1 Å². The number of sulfonamides is 1. The van der Waals surface area contributed by atoms with Gasteiger partial charge in [-0.05, 0) is 48.6 Å². The molecule has 0 atom stereocenters. The third-order valence-electron chi connectivity index (χ3n) is 7.84. The normalized spacial score (nSPS) is 14.2. The quantitative estimate of drug-likeness (QED) is 0.162. The molecule has 1 saturated heterocycles. The predicted octanol–water partition coefficient (Wildman–Crippen LogP) is 6.13. The van der Waals surface area contributed by atoms with Crippen LogP contribution in [0.3, 0.4) is 0 Å². The Kier molecular flexibility index (Phi) is 12.2. The Morgan fingerprint density at radius 3 is 2.07 bits per heavy atom. The molecule has 1 aliphatic rings. The van der Waals surface area contributed by atoms with E-state index in [9.17, 15) is 18.0 Å². The van der Waals surface area contributed by atoms with E-state index in [0.29, 0.717) is 12.2 Å². The molecule has 1 fully saturated rings. The number of carbonyl (C=O) groups is 2. The molecule has 0 bridgehead atoms. The Hall–Kier alpha value is -3.89. The molecule has 3 aromatic carbocycles. The standard InChI is InChI=1S/C34H45N5O4S/c1-3-4-5-6-13-22-35-34(41)37-31-19-18-29(38-44(2,42)43)25-30(31)33(40)36-28-20-23-39(24-21-28)32(26-14-9-7-10-15-26)27-16-11-8-12-17-27/h7-12,14-19,25,28,32,38H,3-6,13,20-24H2,1-2H3,(H,36,40)(H2,35,37,41). The van der Waals surface area contributed by atoms with E-state index >= 15 is 0 Å². The molecule has 10 heteroatoms. The van der Waals surface area contributed by atoms with Crippen LogP contribution in [0.1, 0.15) is 79.4 Å². The topological polar surface area (TPSA) is 120 Å². The summed E-state index contributed by atoms with van der Waals surface area (Å²) < 4.78 is 26.2. The summed E-state index contributed by atoms with van der Waals surface area (Å²) in [5.41, 5.74) is 3.22. The minimum absolute atomic E-state index is 0.0673. The van der Waals surface area contributed by atoms with E-state index in [1.54, 1.807) is 6.07 Å².